The van der Waals surface area contributed by atoms with Crippen LogP contribution in [0.25, 0.3) is 44.5 Å². The summed E-state index contributed by atoms with van der Waals surface area (Å²) >= 11 is 0. The monoisotopic (exact) mass is 580 g/mol. The first-order valence-corrected chi connectivity index (χ1v) is 13.5. The summed E-state index contributed by atoms with van der Waals surface area (Å²) in [4.78, 5) is 50.4. The number of rotatable bonds is 8. The van der Waals surface area contributed by atoms with E-state index >= 15 is 0 Å². The number of nitrogens with one attached hydrogen (secondary N) is 2. The minimum absolute atomic E-state index is 0.0145. The van der Waals surface area contributed by atoms with Crippen LogP contribution in [0.4, 0.5) is 11.4 Å². The lowest BCUT2D eigenvalue weighted by Gasteiger charge is -2.17. The summed E-state index contributed by atoms with van der Waals surface area (Å²) in [5, 5.41) is 30.1. The van der Waals surface area contributed by atoms with Crippen molar-refractivity contribution in [2.45, 2.75) is 0 Å². The molecule has 2 amide bonds. The number of carbonyl (C=O) groups is 4. The first kappa shape index (κ1) is 27.9. The first-order valence-electron chi connectivity index (χ1n) is 13.5. The van der Waals surface area contributed by atoms with Gasteiger partial charge in [-0.05, 0) is 69.1 Å². The third-order valence-corrected chi connectivity index (χ3v) is 7.67. The highest BCUT2D eigenvalue weighted by molar-refractivity contribution is 6.29. The van der Waals surface area contributed by atoms with Crippen molar-refractivity contribution in [3.8, 4) is 0 Å². The molecule has 0 unspecified atom stereocenters. The van der Waals surface area contributed by atoms with Crippen molar-refractivity contribution in [2.24, 2.45) is 0 Å². The molecule has 0 aliphatic rings. The molecule has 6 aromatic carbocycles. The molecule has 6 rings (SSSR count). The fraction of sp³-hybridized carbons (Fsp3) is 0. The number of anilines is 2. The van der Waals surface area contributed by atoms with Gasteiger partial charge in [0.05, 0.1) is 22.3 Å². The highest BCUT2D eigenvalue weighted by Crippen LogP contribution is 2.40. The zero-order valence-corrected chi connectivity index (χ0v) is 23.2. The van der Waals surface area contributed by atoms with Gasteiger partial charge in [0, 0.05) is 22.1 Å². The van der Waals surface area contributed by atoms with Gasteiger partial charge in [0.2, 0.25) is 0 Å². The van der Waals surface area contributed by atoms with Crippen LogP contribution in [0.1, 0.15) is 52.6 Å². The molecule has 0 fully saturated rings. The van der Waals surface area contributed by atoms with E-state index < -0.39 is 23.8 Å². The van der Waals surface area contributed by atoms with Crippen molar-refractivity contribution in [3.63, 3.8) is 0 Å². The Balaban J connectivity index is 1.42. The van der Waals surface area contributed by atoms with E-state index in [0.717, 1.165) is 32.3 Å². The van der Waals surface area contributed by atoms with E-state index in [2.05, 4.69) is 23.8 Å². The first-order chi connectivity index (χ1) is 21.2. The Morgan fingerprint density at radius 3 is 1.27 bits per heavy atom. The fourth-order valence-corrected chi connectivity index (χ4v) is 5.53. The van der Waals surface area contributed by atoms with Gasteiger partial charge in [-0.2, -0.15) is 0 Å². The summed E-state index contributed by atoms with van der Waals surface area (Å²) in [6.07, 6.45) is 3.02. The molecule has 0 aromatic heterocycles. The molecule has 0 aliphatic heterocycles. The number of amides is 2. The molecule has 0 aliphatic carbocycles. The van der Waals surface area contributed by atoms with E-state index in [0.29, 0.717) is 22.5 Å². The van der Waals surface area contributed by atoms with Crippen molar-refractivity contribution >= 4 is 79.6 Å². The molecule has 44 heavy (non-hydrogen) atoms. The molecular formula is C36H24N2O6. The minimum Gasteiger partial charge on any atom is -0.478 e. The maximum Gasteiger partial charge on any atom is 0.336 e. The lowest BCUT2D eigenvalue weighted by atomic mass is 9.92. The normalized spacial score (nSPS) is 11.0. The van der Waals surface area contributed by atoms with Crippen LogP contribution in [0, 0.1) is 0 Å². The van der Waals surface area contributed by atoms with Gasteiger partial charge in [0.25, 0.3) is 11.8 Å². The highest BCUT2D eigenvalue weighted by atomic mass is 16.4. The fourth-order valence-electron chi connectivity index (χ4n) is 5.53. The number of aromatic carboxylic acids is 2. The molecule has 0 saturated carbocycles. The van der Waals surface area contributed by atoms with Crippen molar-refractivity contribution in [1.29, 1.82) is 0 Å². The van der Waals surface area contributed by atoms with Crippen LogP contribution < -0.4 is 10.6 Å². The average Bonchev–Trinajstić information content (AvgIpc) is 3.04. The Hall–Kier alpha value is -6.28. The van der Waals surface area contributed by atoms with Gasteiger partial charge in [-0.15, -0.1) is 0 Å². The maximum atomic E-state index is 13.3. The molecule has 214 valence electrons. The molecule has 4 N–H and O–H groups in total. The predicted octanol–water partition coefficient (Wildman–Crippen LogP) is 7.77. The summed E-state index contributed by atoms with van der Waals surface area (Å²) in [6, 6.07) is 23.8. The highest BCUT2D eigenvalue weighted by Gasteiger charge is 2.21. The smallest absolute Gasteiger partial charge is 0.336 e. The molecule has 0 spiro atoms. The maximum absolute atomic E-state index is 13.3. The molecular weight excluding hydrogens is 556 g/mol. The summed E-state index contributed by atoms with van der Waals surface area (Å²) in [5.41, 5.74) is 1.90. The van der Waals surface area contributed by atoms with E-state index in [-0.39, 0.29) is 22.3 Å². The Morgan fingerprint density at radius 1 is 0.523 bits per heavy atom. The summed E-state index contributed by atoms with van der Waals surface area (Å²) in [6.45, 7) is 7.32. The largest absolute Gasteiger partial charge is 0.478 e. The SMILES string of the molecule is C=Cc1ccc(C(=O)Nc2ccc3ccc4c(NC(=O)c5ccc(C=C)cc5C(=O)O)ccc5ccc2c3c54)c(C(=O)O)c1. The number of carboxylic acids is 2. The van der Waals surface area contributed by atoms with E-state index in [1.807, 2.05) is 36.4 Å². The predicted molar refractivity (Wildman–Crippen MR) is 173 cm³/mol. The standard InChI is InChI=1S/C36H24N2O6/c1-3-19-5-11-23(27(17-19)35(41)42)33(39)37-29-15-9-21-8-14-26-30(16-10-22-7-13-25(29)31(21)32(22)26)38-34(40)24-12-6-20(4-2)18-28(24)36(43)44/h3-18H,1-2H2,(H,37,39)(H,38,40)(H,41,42)(H,43,44). The average molecular weight is 581 g/mol. The van der Waals surface area contributed by atoms with Crippen LogP contribution in [0.2, 0.25) is 0 Å². The van der Waals surface area contributed by atoms with Gasteiger partial charge in [-0.25, -0.2) is 9.59 Å². The quantitative estimate of drug-likeness (QED) is 0.136. The van der Waals surface area contributed by atoms with Gasteiger partial charge in [0.15, 0.2) is 0 Å². The number of carbonyl (C=O) groups excluding carboxylic acids is 2. The Bertz CT molecular complexity index is 2060. The Morgan fingerprint density at radius 2 is 0.909 bits per heavy atom. The molecule has 6 aromatic rings. The zero-order valence-electron chi connectivity index (χ0n) is 23.2. The zero-order chi connectivity index (χ0) is 31.1. The van der Waals surface area contributed by atoms with E-state index in [1.54, 1.807) is 24.3 Å². The van der Waals surface area contributed by atoms with E-state index in [4.69, 9.17) is 0 Å². The summed E-state index contributed by atoms with van der Waals surface area (Å²) < 4.78 is 0. The third kappa shape index (κ3) is 4.70. The van der Waals surface area contributed by atoms with Gasteiger partial charge in [-0.1, -0.05) is 73.8 Å². The molecule has 0 heterocycles. The molecule has 0 saturated heterocycles. The summed E-state index contributed by atoms with van der Waals surface area (Å²) in [7, 11) is 0. The second-order valence-electron chi connectivity index (χ2n) is 10.2. The second kappa shape index (κ2) is 10.8. The Kier molecular flexibility index (Phi) is 6.87. The number of hydrogen-bond donors (Lipinski definition) is 4. The Labute approximate surface area is 250 Å². The van der Waals surface area contributed by atoms with Crippen LogP contribution in [0.15, 0.2) is 98.1 Å². The van der Waals surface area contributed by atoms with Gasteiger partial charge in [0.1, 0.15) is 0 Å². The molecule has 8 heteroatoms. The molecule has 0 radical (unpaired) electrons. The van der Waals surface area contributed by atoms with Crippen LogP contribution >= 0.6 is 0 Å². The van der Waals surface area contributed by atoms with Crippen molar-refractivity contribution in [1.82, 2.24) is 0 Å². The van der Waals surface area contributed by atoms with Crippen LogP contribution in [-0.4, -0.2) is 34.0 Å². The lowest BCUT2D eigenvalue weighted by Crippen LogP contribution is -2.17. The van der Waals surface area contributed by atoms with Crippen molar-refractivity contribution in [3.05, 3.63) is 131 Å². The minimum atomic E-state index is -1.23. The van der Waals surface area contributed by atoms with Crippen LogP contribution in [-0.2, 0) is 0 Å². The lowest BCUT2D eigenvalue weighted by molar-refractivity contribution is 0.0683. The van der Waals surface area contributed by atoms with Gasteiger partial charge >= 0.3 is 11.9 Å². The van der Waals surface area contributed by atoms with Crippen molar-refractivity contribution < 1.29 is 29.4 Å². The number of hydrogen-bond acceptors (Lipinski definition) is 4. The second-order valence-corrected chi connectivity index (χ2v) is 10.2. The molecule has 0 atom stereocenters. The number of carboxylic acid groups (broad SMARTS) is 2. The van der Waals surface area contributed by atoms with Crippen LogP contribution in [0.3, 0.4) is 0 Å². The number of benzene rings is 6. The van der Waals surface area contributed by atoms with Crippen LogP contribution in [0.5, 0.6) is 0 Å². The topological polar surface area (TPSA) is 133 Å². The van der Waals surface area contributed by atoms with Gasteiger partial charge < -0.3 is 20.8 Å². The van der Waals surface area contributed by atoms with Crippen molar-refractivity contribution in [2.75, 3.05) is 10.6 Å². The van der Waals surface area contributed by atoms with E-state index in [1.165, 1.54) is 36.4 Å². The third-order valence-electron chi connectivity index (χ3n) is 7.67. The molecule has 8 nitrogen and oxygen atoms in total. The summed E-state index contributed by atoms with van der Waals surface area (Å²) in [5.74, 6) is -3.60. The van der Waals surface area contributed by atoms with Gasteiger partial charge in [-0.3, -0.25) is 9.59 Å². The van der Waals surface area contributed by atoms with E-state index in [9.17, 15) is 29.4 Å². The molecule has 0 bridgehead atoms.